The van der Waals surface area contributed by atoms with Crippen LogP contribution in [-0.4, -0.2) is 37.3 Å². The van der Waals surface area contributed by atoms with Crippen LogP contribution in [0.2, 0.25) is 5.02 Å². The summed E-state index contributed by atoms with van der Waals surface area (Å²) in [7, 11) is 1.46. The van der Waals surface area contributed by atoms with Crippen LogP contribution in [0.3, 0.4) is 0 Å². The van der Waals surface area contributed by atoms with Crippen LogP contribution >= 0.6 is 23.4 Å². The van der Waals surface area contributed by atoms with Crippen molar-refractivity contribution >= 4 is 46.8 Å². The highest BCUT2D eigenvalue weighted by Crippen LogP contribution is 2.27. The zero-order valence-electron chi connectivity index (χ0n) is 14.4. The fraction of sp³-hybridized carbons (Fsp3) is 0.167. The van der Waals surface area contributed by atoms with E-state index in [1.807, 2.05) is 0 Å². The highest BCUT2D eigenvalue weighted by Gasteiger charge is 2.16. The first-order valence-electron chi connectivity index (χ1n) is 7.71. The number of hydrogen-bond acceptors (Lipinski definition) is 6. The molecule has 0 fully saturated rings. The number of esters is 1. The minimum absolute atomic E-state index is 0.0271. The molecule has 0 bridgehead atoms. The summed E-state index contributed by atoms with van der Waals surface area (Å²) in [5.41, 5.74) is 5.74. The van der Waals surface area contributed by atoms with Crippen LogP contribution in [0.15, 0.2) is 47.4 Å². The molecule has 0 saturated carbocycles. The molecule has 27 heavy (non-hydrogen) atoms. The molecule has 2 aromatic carbocycles. The third-order valence-electron chi connectivity index (χ3n) is 3.25. The Morgan fingerprint density at radius 3 is 2.63 bits per heavy atom. The molecule has 0 unspecified atom stereocenters. The number of hydrogen-bond donors (Lipinski definition) is 2. The first-order valence-corrected chi connectivity index (χ1v) is 9.07. The molecule has 0 radical (unpaired) electrons. The van der Waals surface area contributed by atoms with Crippen molar-refractivity contribution in [2.45, 2.75) is 4.90 Å². The maximum atomic E-state index is 12.3. The van der Waals surface area contributed by atoms with Crippen molar-refractivity contribution in [1.29, 1.82) is 0 Å². The lowest BCUT2D eigenvalue weighted by molar-refractivity contribution is -0.119. The van der Waals surface area contributed by atoms with Crippen LogP contribution in [0.4, 0.5) is 5.69 Å². The Morgan fingerprint density at radius 2 is 1.93 bits per heavy atom. The van der Waals surface area contributed by atoms with Crippen molar-refractivity contribution in [3.05, 3.63) is 53.1 Å². The van der Waals surface area contributed by atoms with E-state index in [9.17, 15) is 14.4 Å². The van der Waals surface area contributed by atoms with Gasteiger partial charge in [-0.2, -0.15) is 0 Å². The first kappa shape index (κ1) is 20.6. The minimum atomic E-state index is -0.684. The van der Waals surface area contributed by atoms with Gasteiger partial charge in [0.05, 0.1) is 24.1 Å². The molecule has 3 N–H and O–H groups in total. The lowest BCUT2D eigenvalue weighted by Crippen LogP contribution is -2.21. The van der Waals surface area contributed by atoms with Gasteiger partial charge in [0.25, 0.3) is 5.91 Å². The Kier molecular flexibility index (Phi) is 7.51. The van der Waals surface area contributed by atoms with Gasteiger partial charge in [-0.15, -0.1) is 11.8 Å². The van der Waals surface area contributed by atoms with Gasteiger partial charge >= 0.3 is 5.97 Å². The molecule has 9 heteroatoms. The van der Waals surface area contributed by atoms with E-state index in [2.05, 4.69) is 5.32 Å². The number of nitrogens with one attached hydrogen (secondary N) is 1. The minimum Gasteiger partial charge on any atom is -0.495 e. The SMILES string of the molecule is COc1ccc(Cl)cc1NC(=O)COC(=O)c1ccccc1SCC(N)=O. The summed E-state index contributed by atoms with van der Waals surface area (Å²) in [6, 6.07) is 11.3. The predicted molar refractivity (Wildman–Crippen MR) is 103 cm³/mol. The lowest BCUT2D eigenvalue weighted by atomic mass is 10.2. The van der Waals surface area contributed by atoms with E-state index in [-0.39, 0.29) is 11.3 Å². The molecular formula is C18H17ClN2O5S. The smallest absolute Gasteiger partial charge is 0.339 e. The van der Waals surface area contributed by atoms with Gasteiger partial charge in [0.15, 0.2) is 6.61 Å². The summed E-state index contributed by atoms with van der Waals surface area (Å²) < 4.78 is 10.2. The summed E-state index contributed by atoms with van der Waals surface area (Å²) in [5.74, 6) is -1.29. The van der Waals surface area contributed by atoms with Gasteiger partial charge in [-0.25, -0.2) is 4.79 Å². The second-order valence-corrected chi connectivity index (χ2v) is 6.67. The van der Waals surface area contributed by atoms with Crippen LogP contribution in [0.1, 0.15) is 10.4 Å². The maximum Gasteiger partial charge on any atom is 0.339 e. The molecule has 0 aliphatic rings. The Balaban J connectivity index is 1.99. The lowest BCUT2D eigenvalue weighted by Gasteiger charge is -2.11. The van der Waals surface area contributed by atoms with Gasteiger partial charge in [0.2, 0.25) is 5.91 Å². The molecule has 2 amide bonds. The Labute approximate surface area is 165 Å². The molecular weight excluding hydrogens is 392 g/mol. The number of halogens is 1. The number of nitrogens with two attached hydrogens (primary N) is 1. The van der Waals surface area contributed by atoms with E-state index < -0.39 is 24.4 Å². The zero-order valence-corrected chi connectivity index (χ0v) is 15.9. The quantitative estimate of drug-likeness (QED) is 0.513. The number of primary amides is 1. The van der Waals surface area contributed by atoms with Crippen LogP contribution in [-0.2, 0) is 14.3 Å². The molecule has 0 saturated heterocycles. The molecule has 142 valence electrons. The van der Waals surface area contributed by atoms with E-state index in [4.69, 9.17) is 26.8 Å². The Hall–Kier alpha value is -2.71. The van der Waals surface area contributed by atoms with Crippen LogP contribution in [0, 0.1) is 0 Å². The van der Waals surface area contributed by atoms with Gasteiger partial charge in [0, 0.05) is 9.92 Å². The monoisotopic (exact) mass is 408 g/mol. The van der Waals surface area contributed by atoms with Crippen molar-refractivity contribution < 1.29 is 23.9 Å². The molecule has 2 aromatic rings. The molecule has 0 aliphatic heterocycles. The highest BCUT2D eigenvalue weighted by atomic mass is 35.5. The van der Waals surface area contributed by atoms with Crippen molar-refractivity contribution in [2.75, 3.05) is 24.8 Å². The number of rotatable bonds is 8. The number of carbonyl (C=O) groups excluding carboxylic acids is 3. The molecule has 0 aromatic heterocycles. The van der Waals surface area contributed by atoms with Gasteiger partial charge in [-0.05, 0) is 30.3 Å². The molecule has 2 rings (SSSR count). The second-order valence-electron chi connectivity index (χ2n) is 5.22. The number of ether oxygens (including phenoxy) is 2. The highest BCUT2D eigenvalue weighted by molar-refractivity contribution is 8.00. The van der Waals surface area contributed by atoms with Gasteiger partial charge < -0.3 is 20.5 Å². The number of anilines is 1. The van der Waals surface area contributed by atoms with E-state index >= 15 is 0 Å². The Bertz CT molecular complexity index is 859. The fourth-order valence-corrected chi connectivity index (χ4v) is 3.03. The van der Waals surface area contributed by atoms with Crippen molar-refractivity contribution in [3.8, 4) is 5.75 Å². The summed E-state index contributed by atoms with van der Waals surface area (Å²) in [4.78, 5) is 35.8. The van der Waals surface area contributed by atoms with E-state index in [1.54, 1.807) is 36.4 Å². The zero-order chi connectivity index (χ0) is 19.8. The average Bonchev–Trinajstić information content (AvgIpc) is 2.65. The third-order valence-corrected chi connectivity index (χ3v) is 4.58. The predicted octanol–water partition coefficient (Wildman–Crippen LogP) is 2.72. The molecule has 0 spiro atoms. The normalized spacial score (nSPS) is 10.1. The number of thioether (sulfide) groups is 1. The maximum absolute atomic E-state index is 12.3. The van der Waals surface area contributed by atoms with Gasteiger partial charge in [0.1, 0.15) is 5.75 Å². The molecule has 0 heterocycles. The molecule has 0 atom stereocenters. The van der Waals surface area contributed by atoms with Crippen LogP contribution < -0.4 is 15.8 Å². The largest absolute Gasteiger partial charge is 0.495 e. The summed E-state index contributed by atoms with van der Waals surface area (Å²) in [5, 5.41) is 2.99. The van der Waals surface area contributed by atoms with Gasteiger partial charge in [-0.3, -0.25) is 9.59 Å². The van der Waals surface area contributed by atoms with E-state index in [1.165, 1.54) is 13.2 Å². The standard InChI is InChI=1S/C18H17ClN2O5S/c1-25-14-7-6-11(19)8-13(14)21-17(23)9-26-18(24)12-4-2-3-5-15(12)27-10-16(20)22/h2-8H,9-10H2,1H3,(H2,20,22)(H,21,23). The van der Waals surface area contributed by atoms with Crippen molar-refractivity contribution in [1.82, 2.24) is 0 Å². The van der Waals surface area contributed by atoms with Gasteiger partial charge in [-0.1, -0.05) is 23.7 Å². The second kappa shape index (κ2) is 9.84. The number of amides is 2. The number of methoxy groups -OCH3 is 1. The number of carbonyl (C=O) groups is 3. The van der Waals surface area contributed by atoms with E-state index in [0.717, 1.165) is 11.8 Å². The summed E-state index contributed by atoms with van der Waals surface area (Å²) in [6.07, 6.45) is 0. The average molecular weight is 409 g/mol. The summed E-state index contributed by atoms with van der Waals surface area (Å²) in [6.45, 7) is -0.497. The van der Waals surface area contributed by atoms with Crippen LogP contribution in [0.25, 0.3) is 0 Å². The van der Waals surface area contributed by atoms with E-state index in [0.29, 0.717) is 21.4 Å². The van der Waals surface area contributed by atoms with Crippen LogP contribution in [0.5, 0.6) is 5.75 Å². The fourth-order valence-electron chi connectivity index (χ4n) is 2.08. The topological polar surface area (TPSA) is 108 Å². The molecule has 0 aliphatic carbocycles. The first-order chi connectivity index (χ1) is 12.9. The number of benzene rings is 2. The Morgan fingerprint density at radius 1 is 1.19 bits per heavy atom. The molecule has 7 nitrogen and oxygen atoms in total. The van der Waals surface area contributed by atoms with Crippen molar-refractivity contribution in [3.63, 3.8) is 0 Å². The van der Waals surface area contributed by atoms with Crippen molar-refractivity contribution in [2.24, 2.45) is 5.73 Å². The third kappa shape index (κ3) is 6.19. The summed E-state index contributed by atoms with van der Waals surface area (Å²) >= 11 is 7.03.